The highest BCUT2D eigenvalue weighted by Crippen LogP contribution is 2.37. The molecule has 1 aliphatic carbocycles. The Balaban J connectivity index is 2.52. The van der Waals surface area contributed by atoms with E-state index in [4.69, 9.17) is 4.74 Å². The predicted molar refractivity (Wildman–Crippen MR) is 66.5 cm³/mol. The van der Waals surface area contributed by atoms with Gasteiger partial charge in [-0.2, -0.15) is 0 Å². The zero-order valence-corrected chi connectivity index (χ0v) is 10.3. The number of methoxy groups -OCH3 is 1. The third-order valence-electron chi connectivity index (χ3n) is 3.11. The minimum absolute atomic E-state index is 0.100. The summed E-state index contributed by atoms with van der Waals surface area (Å²) in [5, 5.41) is 10.8. The summed E-state index contributed by atoms with van der Waals surface area (Å²) in [6, 6.07) is 3.39. The number of aliphatic hydroxyl groups is 1. The maximum absolute atomic E-state index is 11.7. The van der Waals surface area contributed by atoms with E-state index in [-0.39, 0.29) is 5.78 Å². The van der Waals surface area contributed by atoms with Gasteiger partial charge in [0.25, 0.3) is 0 Å². The van der Waals surface area contributed by atoms with E-state index in [9.17, 15) is 9.90 Å². The highest BCUT2D eigenvalue weighted by Gasteiger charge is 2.40. The maximum atomic E-state index is 11.7. The molecule has 0 saturated heterocycles. The molecule has 1 aromatic heterocycles. The molecular formula is C14H15NO3. The third-order valence-corrected chi connectivity index (χ3v) is 3.11. The summed E-state index contributed by atoms with van der Waals surface area (Å²) in [6.07, 6.45) is 8.10. The van der Waals surface area contributed by atoms with Crippen molar-refractivity contribution in [3.8, 4) is 0 Å². The molecule has 1 aliphatic rings. The molecule has 0 spiro atoms. The van der Waals surface area contributed by atoms with Crippen LogP contribution in [0.15, 0.2) is 48.5 Å². The van der Waals surface area contributed by atoms with Crippen LogP contribution in [0.5, 0.6) is 0 Å². The van der Waals surface area contributed by atoms with Crippen LogP contribution in [0.25, 0.3) is 0 Å². The molecule has 2 unspecified atom stereocenters. The molecule has 0 aliphatic heterocycles. The Kier molecular flexibility index (Phi) is 3.30. The summed E-state index contributed by atoms with van der Waals surface area (Å²) >= 11 is 0. The second-order valence-electron chi connectivity index (χ2n) is 4.26. The minimum atomic E-state index is -1.38. The van der Waals surface area contributed by atoms with Gasteiger partial charge in [0.05, 0.1) is 13.0 Å². The first-order valence-corrected chi connectivity index (χ1v) is 5.66. The third kappa shape index (κ3) is 2.07. The van der Waals surface area contributed by atoms with Crippen molar-refractivity contribution in [3.63, 3.8) is 0 Å². The molecule has 0 saturated carbocycles. The number of nitrogens with zero attached hydrogens (tertiary/aromatic N) is 1. The average Bonchev–Trinajstić information content (AvgIpc) is 2.39. The monoisotopic (exact) mass is 245 g/mol. The van der Waals surface area contributed by atoms with Crippen molar-refractivity contribution in [1.29, 1.82) is 0 Å². The summed E-state index contributed by atoms with van der Waals surface area (Å²) in [5.74, 6) is -0.178. The quantitative estimate of drug-likeness (QED) is 0.878. The van der Waals surface area contributed by atoms with Crippen molar-refractivity contribution in [2.45, 2.75) is 12.5 Å². The molecule has 0 bridgehead atoms. The van der Waals surface area contributed by atoms with E-state index in [1.807, 2.05) is 0 Å². The zero-order chi connectivity index (χ0) is 13.2. The van der Waals surface area contributed by atoms with Gasteiger partial charge in [-0.25, -0.2) is 0 Å². The first-order valence-electron chi connectivity index (χ1n) is 5.66. The van der Waals surface area contributed by atoms with Crippen LogP contribution < -0.4 is 0 Å². The molecule has 4 heteroatoms. The standard InChI is InChI=1S/C14H15NO3/c1-10(16)13-4-3-12(18-2)9-14(13,17)11-5-7-15-8-6-11/h3-9,13,17H,1-2H3. The lowest BCUT2D eigenvalue weighted by atomic mass is 9.76. The number of hydrogen-bond donors (Lipinski definition) is 1. The molecule has 1 heterocycles. The lowest BCUT2D eigenvalue weighted by Gasteiger charge is -2.33. The van der Waals surface area contributed by atoms with Gasteiger partial charge in [-0.05, 0) is 36.8 Å². The fourth-order valence-electron chi connectivity index (χ4n) is 2.15. The topological polar surface area (TPSA) is 59.4 Å². The molecule has 0 radical (unpaired) electrons. The number of allylic oxidation sites excluding steroid dienone is 1. The summed E-state index contributed by atoms with van der Waals surface area (Å²) in [4.78, 5) is 15.6. The number of Topliss-reactive ketones (excluding diaryl/α,β-unsaturated/α-hetero) is 1. The summed E-state index contributed by atoms with van der Waals surface area (Å²) in [6.45, 7) is 1.47. The Morgan fingerprint density at radius 3 is 2.67 bits per heavy atom. The highest BCUT2D eigenvalue weighted by atomic mass is 16.5. The minimum Gasteiger partial charge on any atom is -0.497 e. The van der Waals surface area contributed by atoms with Gasteiger partial charge in [-0.15, -0.1) is 0 Å². The first kappa shape index (κ1) is 12.5. The van der Waals surface area contributed by atoms with Gasteiger partial charge < -0.3 is 9.84 Å². The molecule has 2 rings (SSSR count). The van der Waals surface area contributed by atoms with Crippen LogP contribution in [-0.4, -0.2) is 23.0 Å². The number of carbonyl (C=O) groups excluding carboxylic acids is 1. The number of aromatic nitrogens is 1. The number of pyridine rings is 1. The zero-order valence-electron chi connectivity index (χ0n) is 10.3. The Bertz CT molecular complexity index is 507. The van der Waals surface area contributed by atoms with E-state index in [1.54, 1.807) is 42.8 Å². The van der Waals surface area contributed by atoms with Crippen molar-refractivity contribution in [2.24, 2.45) is 5.92 Å². The van der Waals surface area contributed by atoms with Crippen LogP contribution in [0.1, 0.15) is 12.5 Å². The molecule has 4 nitrogen and oxygen atoms in total. The van der Waals surface area contributed by atoms with E-state index in [2.05, 4.69) is 4.98 Å². The van der Waals surface area contributed by atoms with Crippen molar-refractivity contribution in [3.05, 3.63) is 54.1 Å². The number of ether oxygens (including phenoxy) is 1. The van der Waals surface area contributed by atoms with Gasteiger partial charge in [0.15, 0.2) is 0 Å². The van der Waals surface area contributed by atoms with Crippen LogP contribution in [0.3, 0.4) is 0 Å². The van der Waals surface area contributed by atoms with Gasteiger partial charge in [-0.3, -0.25) is 9.78 Å². The Morgan fingerprint density at radius 1 is 1.44 bits per heavy atom. The van der Waals surface area contributed by atoms with E-state index in [0.717, 1.165) is 0 Å². The second kappa shape index (κ2) is 4.74. The fourth-order valence-corrected chi connectivity index (χ4v) is 2.15. The van der Waals surface area contributed by atoms with Gasteiger partial charge >= 0.3 is 0 Å². The van der Waals surface area contributed by atoms with E-state index < -0.39 is 11.5 Å². The number of hydrogen-bond acceptors (Lipinski definition) is 4. The van der Waals surface area contributed by atoms with E-state index in [0.29, 0.717) is 11.3 Å². The van der Waals surface area contributed by atoms with Crippen molar-refractivity contribution in [1.82, 2.24) is 4.98 Å². The van der Waals surface area contributed by atoms with Gasteiger partial charge in [0.1, 0.15) is 17.1 Å². The molecule has 1 N–H and O–H groups in total. The first-order chi connectivity index (χ1) is 8.58. The second-order valence-corrected chi connectivity index (χ2v) is 4.26. The maximum Gasteiger partial charge on any atom is 0.140 e. The number of rotatable bonds is 3. The SMILES string of the molecule is COC1=CC(O)(c2ccncc2)C(C(C)=O)C=C1. The van der Waals surface area contributed by atoms with Crippen molar-refractivity contribution in [2.75, 3.05) is 7.11 Å². The average molecular weight is 245 g/mol. The summed E-state index contributed by atoms with van der Waals surface area (Å²) in [7, 11) is 1.53. The van der Waals surface area contributed by atoms with Crippen molar-refractivity contribution < 1.29 is 14.6 Å². The molecule has 1 aromatic rings. The number of ketones is 1. The molecular weight excluding hydrogens is 230 g/mol. The molecule has 0 amide bonds. The van der Waals surface area contributed by atoms with Crippen LogP contribution in [-0.2, 0) is 15.1 Å². The Labute approximate surface area is 106 Å². The molecule has 0 aromatic carbocycles. The Hall–Kier alpha value is -1.94. The molecule has 94 valence electrons. The molecule has 18 heavy (non-hydrogen) atoms. The van der Waals surface area contributed by atoms with Crippen LogP contribution in [0, 0.1) is 5.92 Å². The normalized spacial score (nSPS) is 26.6. The largest absolute Gasteiger partial charge is 0.497 e. The van der Waals surface area contributed by atoms with Gasteiger partial charge in [-0.1, -0.05) is 6.08 Å². The smallest absolute Gasteiger partial charge is 0.140 e. The summed E-state index contributed by atoms with van der Waals surface area (Å²) in [5.41, 5.74) is -0.758. The lowest BCUT2D eigenvalue weighted by Crippen LogP contribution is -2.38. The highest BCUT2D eigenvalue weighted by molar-refractivity contribution is 5.82. The van der Waals surface area contributed by atoms with Crippen LogP contribution >= 0.6 is 0 Å². The van der Waals surface area contributed by atoms with Gasteiger partial charge in [0.2, 0.25) is 0 Å². The van der Waals surface area contributed by atoms with E-state index >= 15 is 0 Å². The van der Waals surface area contributed by atoms with Crippen molar-refractivity contribution >= 4 is 5.78 Å². The van der Waals surface area contributed by atoms with Crippen LogP contribution in [0.2, 0.25) is 0 Å². The van der Waals surface area contributed by atoms with Crippen LogP contribution in [0.4, 0.5) is 0 Å². The van der Waals surface area contributed by atoms with E-state index in [1.165, 1.54) is 14.0 Å². The van der Waals surface area contributed by atoms with Gasteiger partial charge in [0, 0.05) is 12.4 Å². The molecule has 0 fully saturated rings. The fraction of sp³-hybridized carbons (Fsp3) is 0.286. The molecule has 2 atom stereocenters. The number of carbonyl (C=O) groups is 1. The lowest BCUT2D eigenvalue weighted by molar-refractivity contribution is -0.125. The summed E-state index contributed by atoms with van der Waals surface area (Å²) < 4.78 is 5.12. The Morgan fingerprint density at radius 2 is 2.11 bits per heavy atom. The predicted octanol–water partition coefficient (Wildman–Crippen LogP) is 1.57.